The number of anilines is 1. The molecule has 1 atom stereocenters. The number of ether oxygens (including phenoxy) is 1. The second kappa shape index (κ2) is 12.4. The van der Waals surface area contributed by atoms with Crippen LogP contribution in [0.15, 0.2) is 66.7 Å². The van der Waals surface area contributed by atoms with Crippen LogP contribution in [0.3, 0.4) is 0 Å². The number of benzene rings is 3. The van der Waals surface area contributed by atoms with Crippen molar-refractivity contribution in [3.05, 3.63) is 88.4 Å². The minimum atomic E-state index is -0.615. The van der Waals surface area contributed by atoms with E-state index in [2.05, 4.69) is 40.8 Å². The Morgan fingerprint density at radius 3 is 2.18 bits per heavy atom. The summed E-state index contributed by atoms with van der Waals surface area (Å²) in [6.07, 6.45) is 2.03. The van der Waals surface area contributed by atoms with Crippen molar-refractivity contribution < 1.29 is 19.4 Å². The molecule has 0 aromatic heterocycles. The van der Waals surface area contributed by atoms with Crippen molar-refractivity contribution in [3.63, 3.8) is 0 Å². The Labute approximate surface area is 205 Å². The summed E-state index contributed by atoms with van der Waals surface area (Å²) in [5, 5.41) is 12.0. The maximum atomic E-state index is 11.4. The predicted molar refractivity (Wildman–Crippen MR) is 136 cm³/mol. The van der Waals surface area contributed by atoms with E-state index < -0.39 is 6.10 Å². The first-order valence-corrected chi connectivity index (χ1v) is 11.7. The standard InChI is InChI=1S/C26H26ClNO2.C2H4O2/c1-18-2-9-23(10-3-18)28-14-12-21(13-15-28)26(30)25-16-19(17-29)4-11-24(25)20-5-7-22(27)8-6-20;1-4-2-3/h2-11,16-17,21,26,30H,12-15H2,1H3;2H,1H3. The van der Waals surface area contributed by atoms with Crippen LogP contribution in [0.2, 0.25) is 5.02 Å². The largest absolute Gasteiger partial charge is 0.471 e. The number of piperidine rings is 1. The van der Waals surface area contributed by atoms with Gasteiger partial charge in [0.05, 0.1) is 13.2 Å². The summed E-state index contributed by atoms with van der Waals surface area (Å²) in [5.41, 5.74) is 5.83. The van der Waals surface area contributed by atoms with Crippen molar-refractivity contribution in [3.8, 4) is 11.1 Å². The lowest BCUT2D eigenvalue weighted by atomic mass is 9.83. The minimum Gasteiger partial charge on any atom is -0.471 e. The minimum absolute atomic E-state index is 0.152. The first-order chi connectivity index (χ1) is 16.5. The SMILES string of the molecule is COC=O.Cc1ccc(N2CCC(C(O)c3cc(C=O)ccc3-c3ccc(Cl)cc3)CC2)cc1. The summed E-state index contributed by atoms with van der Waals surface area (Å²) in [6.45, 7) is 4.29. The molecule has 0 amide bonds. The number of aliphatic hydroxyl groups excluding tert-OH is 1. The molecule has 1 heterocycles. The molecule has 5 nitrogen and oxygen atoms in total. The van der Waals surface area contributed by atoms with Gasteiger partial charge >= 0.3 is 0 Å². The molecule has 0 bridgehead atoms. The molecule has 178 valence electrons. The molecule has 1 unspecified atom stereocenters. The fourth-order valence-corrected chi connectivity index (χ4v) is 4.40. The average molecular weight is 480 g/mol. The maximum absolute atomic E-state index is 11.4. The number of rotatable bonds is 6. The number of aryl methyl sites for hydroxylation is 1. The van der Waals surface area contributed by atoms with Crippen molar-refractivity contribution in [1.82, 2.24) is 0 Å². The second-order valence-corrected chi connectivity index (χ2v) is 8.84. The molecule has 0 spiro atoms. The van der Waals surface area contributed by atoms with Gasteiger partial charge in [-0.2, -0.15) is 0 Å². The molecule has 1 fully saturated rings. The van der Waals surface area contributed by atoms with E-state index in [-0.39, 0.29) is 5.92 Å². The van der Waals surface area contributed by atoms with Crippen molar-refractivity contribution in [2.75, 3.05) is 25.1 Å². The zero-order valence-electron chi connectivity index (χ0n) is 19.5. The van der Waals surface area contributed by atoms with Crippen LogP contribution in [0, 0.1) is 12.8 Å². The number of carbonyl (C=O) groups is 2. The van der Waals surface area contributed by atoms with E-state index in [4.69, 9.17) is 16.4 Å². The fraction of sp³-hybridized carbons (Fsp3) is 0.286. The molecule has 6 heteroatoms. The molecule has 3 aromatic carbocycles. The Morgan fingerprint density at radius 2 is 1.62 bits per heavy atom. The quantitative estimate of drug-likeness (QED) is 0.448. The first kappa shape index (κ1) is 25.5. The summed E-state index contributed by atoms with van der Waals surface area (Å²) in [4.78, 5) is 22.7. The van der Waals surface area contributed by atoms with Gasteiger partial charge < -0.3 is 14.7 Å². The molecular formula is C28H30ClNO4. The topological polar surface area (TPSA) is 66.8 Å². The average Bonchev–Trinajstić information content (AvgIpc) is 2.89. The van der Waals surface area contributed by atoms with Gasteiger partial charge in [-0.3, -0.25) is 9.59 Å². The van der Waals surface area contributed by atoms with Crippen LogP contribution in [-0.4, -0.2) is 38.1 Å². The number of halogens is 1. The number of methoxy groups -OCH3 is 1. The highest BCUT2D eigenvalue weighted by Crippen LogP contribution is 2.37. The van der Waals surface area contributed by atoms with Crippen LogP contribution >= 0.6 is 11.6 Å². The van der Waals surface area contributed by atoms with Crippen LogP contribution in [0.25, 0.3) is 11.1 Å². The number of aldehydes is 1. The second-order valence-electron chi connectivity index (χ2n) is 8.41. The normalized spacial score (nSPS) is 14.5. The lowest BCUT2D eigenvalue weighted by molar-refractivity contribution is -0.126. The molecular weight excluding hydrogens is 450 g/mol. The lowest BCUT2D eigenvalue weighted by Crippen LogP contribution is -2.35. The molecule has 1 aliphatic rings. The van der Waals surface area contributed by atoms with E-state index in [1.54, 1.807) is 6.07 Å². The van der Waals surface area contributed by atoms with Crippen LogP contribution in [-0.2, 0) is 9.53 Å². The van der Waals surface area contributed by atoms with Gasteiger partial charge in [0, 0.05) is 29.4 Å². The Hall–Kier alpha value is -3.15. The third kappa shape index (κ3) is 6.46. The summed E-state index contributed by atoms with van der Waals surface area (Å²) < 4.78 is 3.86. The van der Waals surface area contributed by atoms with Gasteiger partial charge in [-0.05, 0) is 72.7 Å². The van der Waals surface area contributed by atoms with Crippen LogP contribution in [0.4, 0.5) is 5.69 Å². The smallest absolute Gasteiger partial charge is 0.292 e. The number of carbonyl (C=O) groups excluding carboxylic acids is 2. The van der Waals surface area contributed by atoms with Crippen molar-refractivity contribution in [2.24, 2.45) is 5.92 Å². The predicted octanol–water partition coefficient (Wildman–Crippen LogP) is 5.87. The van der Waals surface area contributed by atoms with Crippen LogP contribution in [0.5, 0.6) is 0 Å². The monoisotopic (exact) mass is 479 g/mol. The zero-order chi connectivity index (χ0) is 24.5. The summed E-state index contributed by atoms with van der Waals surface area (Å²) in [5.74, 6) is 0.152. The number of hydrogen-bond acceptors (Lipinski definition) is 5. The van der Waals surface area contributed by atoms with Gasteiger partial charge in [0.25, 0.3) is 6.47 Å². The van der Waals surface area contributed by atoms with Crippen LogP contribution in [0.1, 0.15) is 40.4 Å². The van der Waals surface area contributed by atoms with Gasteiger partial charge in [0.1, 0.15) is 6.29 Å². The molecule has 0 aliphatic carbocycles. The van der Waals surface area contributed by atoms with Gasteiger partial charge in [-0.1, -0.05) is 53.6 Å². The van der Waals surface area contributed by atoms with E-state index in [1.165, 1.54) is 18.4 Å². The highest BCUT2D eigenvalue weighted by atomic mass is 35.5. The molecule has 1 N–H and O–H groups in total. The summed E-state index contributed by atoms with van der Waals surface area (Å²) in [6, 6.07) is 21.8. The third-order valence-corrected chi connectivity index (χ3v) is 6.42. The highest BCUT2D eigenvalue weighted by Gasteiger charge is 2.28. The number of aliphatic hydroxyl groups is 1. The molecule has 0 saturated carbocycles. The molecule has 1 saturated heterocycles. The van der Waals surface area contributed by atoms with Gasteiger partial charge in [0.2, 0.25) is 0 Å². The van der Waals surface area contributed by atoms with Gasteiger partial charge in [-0.25, -0.2) is 0 Å². The van der Waals surface area contributed by atoms with E-state index in [0.717, 1.165) is 48.9 Å². The van der Waals surface area contributed by atoms with Crippen molar-refractivity contribution >= 4 is 30.0 Å². The fourth-order valence-electron chi connectivity index (χ4n) is 4.27. The molecule has 3 aromatic rings. The Bertz CT molecular complexity index is 1070. The van der Waals surface area contributed by atoms with E-state index in [1.807, 2.05) is 36.4 Å². The Morgan fingerprint density at radius 1 is 1.00 bits per heavy atom. The number of nitrogens with zero attached hydrogens (tertiary/aromatic N) is 1. The van der Waals surface area contributed by atoms with Crippen LogP contribution < -0.4 is 4.90 Å². The zero-order valence-corrected chi connectivity index (χ0v) is 20.2. The first-order valence-electron chi connectivity index (χ1n) is 11.3. The Balaban J connectivity index is 0.000000751. The van der Waals surface area contributed by atoms with Gasteiger partial charge in [0.15, 0.2) is 0 Å². The van der Waals surface area contributed by atoms with E-state index in [9.17, 15) is 9.90 Å². The molecule has 4 rings (SSSR count). The summed E-state index contributed by atoms with van der Waals surface area (Å²) in [7, 11) is 1.31. The maximum Gasteiger partial charge on any atom is 0.292 e. The van der Waals surface area contributed by atoms with Crippen molar-refractivity contribution in [2.45, 2.75) is 25.9 Å². The number of hydrogen-bond donors (Lipinski definition) is 1. The molecule has 1 aliphatic heterocycles. The van der Waals surface area contributed by atoms with E-state index in [0.29, 0.717) is 17.1 Å². The van der Waals surface area contributed by atoms with E-state index >= 15 is 0 Å². The Kier molecular flexibility index (Phi) is 9.25. The lowest BCUT2D eigenvalue weighted by Gasteiger charge is -2.36. The van der Waals surface area contributed by atoms with Crippen molar-refractivity contribution in [1.29, 1.82) is 0 Å². The summed E-state index contributed by atoms with van der Waals surface area (Å²) >= 11 is 6.04. The highest BCUT2D eigenvalue weighted by molar-refractivity contribution is 6.30. The molecule has 34 heavy (non-hydrogen) atoms. The third-order valence-electron chi connectivity index (χ3n) is 6.17. The molecule has 0 radical (unpaired) electrons. The van der Waals surface area contributed by atoms with Gasteiger partial charge in [-0.15, -0.1) is 0 Å².